The van der Waals surface area contributed by atoms with Gasteiger partial charge < -0.3 is 10.1 Å². The van der Waals surface area contributed by atoms with Gasteiger partial charge in [-0.1, -0.05) is 12.1 Å². The van der Waals surface area contributed by atoms with E-state index in [0.717, 1.165) is 0 Å². The van der Waals surface area contributed by atoms with E-state index >= 15 is 0 Å². The molecule has 0 bridgehead atoms. The van der Waals surface area contributed by atoms with Crippen molar-refractivity contribution in [2.45, 2.75) is 13.3 Å². The Bertz CT molecular complexity index is 910. The average molecular weight is 341 g/mol. The quantitative estimate of drug-likeness (QED) is 0.770. The second-order valence-corrected chi connectivity index (χ2v) is 5.38. The zero-order chi connectivity index (χ0) is 17.8. The van der Waals surface area contributed by atoms with Crippen LogP contribution in [0.1, 0.15) is 11.4 Å². The predicted molar refractivity (Wildman–Crippen MR) is 89.2 cm³/mol. The molecule has 0 radical (unpaired) electrons. The van der Waals surface area contributed by atoms with E-state index in [2.05, 4.69) is 20.8 Å². The third kappa shape index (κ3) is 3.79. The molecule has 8 heteroatoms. The summed E-state index contributed by atoms with van der Waals surface area (Å²) in [5.41, 5.74) is 1.77. The number of anilines is 1. The smallest absolute Gasteiger partial charge is 0.228 e. The lowest BCUT2D eigenvalue weighted by molar-refractivity contribution is -0.115. The number of hydrogen-bond acceptors (Lipinski definition) is 5. The predicted octanol–water partition coefficient (Wildman–Crippen LogP) is 2.30. The van der Waals surface area contributed by atoms with Gasteiger partial charge in [0.1, 0.15) is 17.3 Å². The number of nitrogens with one attached hydrogen (secondary N) is 1. The standard InChI is InChI=1S/C17H16FN5O2/c1-11-20-21-22-23(11)15-10-14(6-7-16(15)25-2)19-17(24)9-12-4-3-5-13(18)8-12/h3-8,10H,9H2,1-2H3,(H,19,24). The lowest BCUT2D eigenvalue weighted by Gasteiger charge is -2.12. The molecule has 1 N–H and O–H groups in total. The Hall–Kier alpha value is -3.29. The van der Waals surface area contributed by atoms with Gasteiger partial charge >= 0.3 is 0 Å². The van der Waals surface area contributed by atoms with Crippen molar-refractivity contribution >= 4 is 11.6 Å². The van der Waals surface area contributed by atoms with Crippen LogP contribution in [-0.4, -0.2) is 33.2 Å². The van der Waals surface area contributed by atoms with Crippen molar-refractivity contribution in [1.29, 1.82) is 0 Å². The maximum Gasteiger partial charge on any atom is 0.228 e. The number of carbonyl (C=O) groups excluding carboxylic acids is 1. The molecule has 1 heterocycles. The topological polar surface area (TPSA) is 81.9 Å². The van der Waals surface area contributed by atoms with Gasteiger partial charge in [0.05, 0.1) is 13.5 Å². The normalized spacial score (nSPS) is 10.5. The summed E-state index contributed by atoms with van der Waals surface area (Å²) in [6.45, 7) is 1.76. The summed E-state index contributed by atoms with van der Waals surface area (Å²) in [5.74, 6) is 0.529. The second kappa shape index (κ2) is 7.08. The first-order valence-corrected chi connectivity index (χ1v) is 7.54. The number of methoxy groups -OCH3 is 1. The van der Waals surface area contributed by atoms with E-state index in [1.807, 2.05) is 0 Å². The van der Waals surface area contributed by atoms with Crippen LogP contribution in [0.2, 0.25) is 0 Å². The number of halogens is 1. The average Bonchev–Trinajstić information content (AvgIpc) is 3.00. The largest absolute Gasteiger partial charge is 0.494 e. The zero-order valence-corrected chi connectivity index (χ0v) is 13.7. The summed E-state index contributed by atoms with van der Waals surface area (Å²) < 4.78 is 20.0. The highest BCUT2D eigenvalue weighted by Gasteiger charge is 2.12. The van der Waals surface area contributed by atoms with Gasteiger partial charge in [-0.25, -0.2) is 4.39 Å². The highest BCUT2D eigenvalue weighted by atomic mass is 19.1. The van der Waals surface area contributed by atoms with Crippen LogP contribution in [0.5, 0.6) is 5.75 Å². The minimum absolute atomic E-state index is 0.0725. The number of nitrogens with zero attached hydrogens (tertiary/aromatic N) is 4. The number of tetrazole rings is 1. The van der Waals surface area contributed by atoms with Crippen LogP contribution in [-0.2, 0) is 11.2 Å². The van der Waals surface area contributed by atoms with E-state index in [1.54, 1.807) is 44.4 Å². The zero-order valence-electron chi connectivity index (χ0n) is 13.7. The first kappa shape index (κ1) is 16.6. The number of hydrogen-bond donors (Lipinski definition) is 1. The van der Waals surface area contributed by atoms with Crippen LogP contribution >= 0.6 is 0 Å². The third-order valence-corrected chi connectivity index (χ3v) is 3.57. The van der Waals surface area contributed by atoms with Gasteiger partial charge in [0.15, 0.2) is 5.82 Å². The van der Waals surface area contributed by atoms with Crippen molar-refractivity contribution in [2.75, 3.05) is 12.4 Å². The van der Waals surface area contributed by atoms with Gasteiger partial charge in [-0.15, -0.1) is 5.10 Å². The molecule has 0 fully saturated rings. The molecule has 0 atom stereocenters. The van der Waals surface area contributed by atoms with Gasteiger partial charge in [-0.3, -0.25) is 4.79 Å². The summed E-state index contributed by atoms with van der Waals surface area (Å²) in [6.07, 6.45) is 0.0725. The molecule has 7 nitrogen and oxygen atoms in total. The first-order chi connectivity index (χ1) is 12.1. The molecule has 0 aliphatic carbocycles. The summed E-state index contributed by atoms with van der Waals surface area (Å²) in [7, 11) is 1.54. The van der Waals surface area contributed by atoms with Crippen LogP contribution in [0.15, 0.2) is 42.5 Å². The van der Waals surface area contributed by atoms with E-state index in [9.17, 15) is 9.18 Å². The summed E-state index contributed by atoms with van der Waals surface area (Å²) in [5, 5.41) is 14.2. The molecule has 0 spiro atoms. The Kier molecular flexibility index (Phi) is 4.69. The van der Waals surface area contributed by atoms with Gasteiger partial charge in [-0.05, 0) is 53.2 Å². The summed E-state index contributed by atoms with van der Waals surface area (Å²) in [4.78, 5) is 12.2. The van der Waals surface area contributed by atoms with Crippen molar-refractivity contribution in [3.8, 4) is 11.4 Å². The fourth-order valence-electron chi connectivity index (χ4n) is 2.43. The van der Waals surface area contributed by atoms with E-state index in [1.165, 1.54) is 16.8 Å². The summed E-state index contributed by atoms with van der Waals surface area (Å²) in [6, 6.07) is 11.1. The Morgan fingerprint density at radius 1 is 1.28 bits per heavy atom. The first-order valence-electron chi connectivity index (χ1n) is 7.54. The van der Waals surface area contributed by atoms with Crippen LogP contribution in [0, 0.1) is 12.7 Å². The summed E-state index contributed by atoms with van der Waals surface area (Å²) >= 11 is 0. The van der Waals surface area contributed by atoms with E-state index in [0.29, 0.717) is 28.5 Å². The molecule has 1 amide bonds. The van der Waals surface area contributed by atoms with Crippen molar-refractivity contribution in [3.05, 3.63) is 59.7 Å². The lowest BCUT2D eigenvalue weighted by atomic mass is 10.1. The maximum atomic E-state index is 13.2. The second-order valence-electron chi connectivity index (χ2n) is 5.38. The minimum Gasteiger partial charge on any atom is -0.494 e. The third-order valence-electron chi connectivity index (χ3n) is 3.57. The highest BCUT2D eigenvalue weighted by molar-refractivity contribution is 5.92. The number of benzene rings is 2. The number of ether oxygens (including phenoxy) is 1. The van der Waals surface area contributed by atoms with Gasteiger partial charge in [0.25, 0.3) is 0 Å². The lowest BCUT2D eigenvalue weighted by Crippen LogP contribution is -2.15. The van der Waals surface area contributed by atoms with E-state index < -0.39 is 0 Å². The van der Waals surface area contributed by atoms with Crippen molar-refractivity contribution in [3.63, 3.8) is 0 Å². The Labute approximate surface area is 143 Å². The molecule has 3 aromatic rings. The SMILES string of the molecule is COc1ccc(NC(=O)Cc2cccc(F)c2)cc1-n1nnnc1C. The molecule has 3 rings (SSSR count). The molecule has 0 saturated carbocycles. The van der Waals surface area contributed by atoms with E-state index in [4.69, 9.17) is 4.74 Å². The Morgan fingerprint density at radius 2 is 2.12 bits per heavy atom. The van der Waals surface area contributed by atoms with Gasteiger partial charge in [0, 0.05) is 5.69 Å². The van der Waals surface area contributed by atoms with Crippen LogP contribution in [0.4, 0.5) is 10.1 Å². The number of rotatable bonds is 5. The maximum absolute atomic E-state index is 13.2. The minimum atomic E-state index is -0.369. The van der Waals surface area contributed by atoms with Crippen molar-refractivity contribution in [1.82, 2.24) is 20.2 Å². The molecule has 0 aliphatic rings. The molecule has 128 valence electrons. The molecule has 0 aliphatic heterocycles. The molecule has 0 unspecified atom stereocenters. The van der Waals surface area contributed by atoms with Crippen molar-refractivity contribution in [2.24, 2.45) is 0 Å². The number of amides is 1. The number of aryl methyl sites for hydroxylation is 1. The van der Waals surface area contributed by atoms with Gasteiger partial charge in [0.2, 0.25) is 5.91 Å². The van der Waals surface area contributed by atoms with Crippen LogP contribution in [0.25, 0.3) is 5.69 Å². The number of carbonyl (C=O) groups is 1. The Balaban J connectivity index is 1.81. The molecule has 0 saturated heterocycles. The number of aromatic nitrogens is 4. The molecule has 25 heavy (non-hydrogen) atoms. The van der Waals surface area contributed by atoms with Crippen molar-refractivity contribution < 1.29 is 13.9 Å². The van der Waals surface area contributed by atoms with E-state index in [-0.39, 0.29) is 18.1 Å². The molecule has 2 aromatic carbocycles. The molecule has 1 aromatic heterocycles. The fourth-order valence-corrected chi connectivity index (χ4v) is 2.43. The fraction of sp³-hybridized carbons (Fsp3) is 0.176. The van der Waals surface area contributed by atoms with Crippen LogP contribution < -0.4 is 10.1 Å². The molecular formula is C17H16FN5O2. The van der Waals surface area contributed by atoms with Gasteiger partial charge in [-0.2, -0.15) is 4.68 Å². The Morgan fingerprint density at radius 3 is 2.80 bits per heavy atom. The van der Waals surface area contributed by atoms with Crippen LogP contribution in [0.3, 0.4) is 0 Å². The monoisotopic (exact) mass is 341 g/mol. The molecular weight excluding hydrogens is 325 g/mol. The highest BCUT2D eigenvalue weighted by Crippen LogP contribution is 2.26.